The lowest BCUT2D eigenvalue weighted by Gasteiger charge is -2.10. The van der Waals surface area contributed by atoms with Gasteiger partial charge in [-0.25, -0.2) is 0 Å². The summed E-state index contributed by atoms with van der Waals surface area (Å²) in [6, 6.07) is 7.76. The van der Waals surface area contributed by atoms with Crippen molar-refractivity contribution in [2.24, 2.45) is 0 Å². The van der Waals surface area contributed by atoms with Gasteiger partial charge in [0.2, 0.25) is 5.91 Å². The number of hydrogen-bond acceptors (Lipinski definition) is 3. The maximum Gasteiger partial charge on any atom is 0.233 e. The van der Waals surface area contributed by atoms with E-state index in [4.69, 9.17) is 4.74 Å². The molecular weight excluding hydrogens is 228 g/mol. The predicted molar refractivity (Wildman–Crippen MR) is 72.5 cm³/mol. The second-order valence-corrected chi connectivity index (χ2v) is 3.76. The van der Waals surface area contributed by atoms with Crippen molar-refractivity contribution in [3.05, 3.63) is 42.5 Å². The third-order valence-corrected chi connectivity index (χ3v) is 2.30. The quantitative estimate of drug-likeness (QED) is 0.685. The highest BCUT2D eigenvalue weighted by molar-refractivity contribution is 5.77. The molecule has 0 unspecified atom stereocenters. The van der Waals surface area contributed by atoms with Crippen molar-refractivity contribution in [2.75, 3.05) is 19.7 Å². The molecule has 0 saturated carbocycles. The number of amides is 1. The van der Waals surface area contributed by atoms with Gasteiger partial charge in [-0.2, -0.15) is 0 Å². The van der Waals surface area contributed by atoms with Crippen LogP contribution in [0.3, 0.4) is 0 Å². The average molecular weight is 248 g/mol. The summed E-state index contributed by atoms with van der Waals surface area (Å²) >= 11 is 0. The van der Waals surface area contributed by atoms with Crippen LogP contribution in [0.1, 0.15) is 12.5 Å². The lowest BCUT2D eigenvalue weighted by molar-refractivity contribution is -0.120. The average Bonchev–Trinajstić information content (AvgIpc) is 2.38. The Morgan fingerprint density at radius 3 is 2.94 bits per heavy atom. The fourth-order valence-electron chi connectivity index (χ4n) is 1.51. The van der Waals surface area contributed by atoms with Crippen LogP contribution < -0.4 is 15.4 Å². The summed E-state index contributed by atoms with van der Waals surface area (Å²) < 4.78 is 5.53. The van der Waals surface area contributed by atoms with Crippen LogP contribution >= 0.6 is 0 Å². The van der Waals surface area contributed by atoms with Crippen molar-refractivity contribution >= 4 is 5.91 Å². The number of likely N-dealkylation sites (N-methyl/N-ethyl adjacent to an activating group) is 1. The molecule has 0 heterocycles. The molecule has 0 radical (unpaired) electrons. The van der Waals surface area contributed by atoms with Gasteiger partial charge in [0, 0.05) is 18.7 Å². The van der Waals surface area contributed by atoms with E-state index in [0.717, 1.165) is 11.3 Å². The highest BCUT2D eigenvalue weighted by Gasteiger charge is 2.03. The first-order valence-corrected chi connectivity index (χ1v) is 6.07. The molecular formula is C14H20N2O2. The van der Waals surface area contributed by atoms with Gasteiger partial charge >= 0.3 is 0 Å². The number of ether oxygens (including phenoxy) is 1. The summed E-state index contributed by atoms with van der Waals surface area (Å²) in [6.07, 6.45) is 1.71. The smallest absolute Gasteiger partial charge is 0.233 e. The van der Waals surface area contributed by atoms with E-state index < -0.39 is 0 Å². The van der Waals surface area contributed by atoms with Gasteiger partial charge in [0.25, 0.3) is 0 Å². The van der Waals surface area contributed by atoms with E-state index in [9.17, 15) is 4.79 Å². The molecule has 1 rings (SSSR count). The number of hydrogen-bond donors (Lipinski definition) is 2. The number of rotatable bonds is 8. The summed E-state index contributed by atoms with van der Waals surface area (Å²) in [4.78, 5) is 11.3. The number of nitrogens with one attached hydrogen (secondary N) is 2. The topological polar surface area (TPSA) is 50.4 Å². The van der Waals surface area contributed by atoms with Gasteiger partial charge < -0.3 is 15.4 Å². The van der Waals surface area contributed by atoms with Crippen LogP contribution in [-0.4, -0.2) is 25.6 Å². The predicted octanol–water partition coefficient (Wildman–Crippen LogP) is 1.48. The molecule has 0 aromatic heterocycles. The molecule has 2 N–H and O–H groups in total. The van der Waals surface area contributed by atoms with Gasteiger partial charge in [0.1, 0.15) is 12.4 Å². The van der Waals surface area contributed by atoms with Crippen molar-refractivity contribution in [2.45, 2.75) is 13.5 Å². The summed E-state index contributed by atoms with van der Waals surface area (Å²) in [5, 5.41) is 5.82. The van der Waals surface area contributed by atoms with Crippen molar-refractivity contribution in [1.82, 2.24) is 10.6 Å². The Morgan fingerprint density at radius 1 is 1.44 bits per heavy atom. The normalized spacial score (nSPS) is 9.83. The minimum atomic E-state index is 0.00184. The van der Waals surface area contributed by atoms with Gasteiger partial charge in [0.15, 0.2) is 0 Å². The molecule has 0 aliphatic rings. The molecule has 98 valence electrons. The van der Waals surface area contributed by atoms with Gasteiger partial charge in [-0.15, -0.1) is 0 Å². The highest BCUT2D eigenvalue weighted by Crippen LogP contribution is 2.17. The van der Waals surface area contributed by atoms with Crippen LogP contribution in [0.5, 0.6) is 5.75 Å². The highest BCUT2D eigenvalue weighted by atomic mass is 16.5. The van der Waals surface area contributed by atoms with Crippen LogP contribution in [0.25, 0.3) is 0 Å². The molecule has 0 bridgehead atoms. The molecule has 0 atom stereocenters. The summed E-state index contributed by atoms with van der Waals surface area (Å²) in [7, 11) is 0. The van der Waals surface area contributed by atoms with Gasteiger partial charge in [0.05, 0.1) is 6.54 Å². The molecule has 1 aromatic rings. The molecule has 0 aliphatic carbocycles. The Morgan fingerprint density at radius 2 is 2.22 bits per heavy atom. The van der Waals surface area contributed by atoms with Crippen LogP contribution in [0.2, 0.25) is 0 Å². The second-order valence-electron chi connectivity index (χ2n) is 3.76. The van der Waals surface area contributed by atoms with E-state index in [1.165, 1.54) is 0 Å². The first-order valence-electron chi connectivity index (χ1n) is 6.07. The SMILES string of the molecule is C=CCOc1ccccc1CNCC(=O)NCC. The van der Waals surface area contributed by atoms with Crippen LogP contribution in [-0.2, 0) is 11.3 Å². The Balaban J connectivity index is 2.45. The zero-order chi connectivity index (χ0) is 13.2. The molecule has 0 fully saturated rings. The monoisotopic (exact) mass is 248 g/mol. The van der Waals surface area contributed by atoms with Crippen molar-refractivity contribution in [1.29, 1.82) is 0 Å². The minimum Gasteiger partial charge on any atom is -0.489 e. The van der Waals surface area contributed by atoms with Crippen molar-refractivity contribution in [3.63, 3.8) is 0 Å². The third kappa shape index (κ3) is 5.01. The van der Waals surface area contributed by atoms with E-state index >= 15 is 0 Å². The van der Waals surface area contributed by atoms with Gasteiger partial charge in [-0.1, -0.05) is 30.9 Å². The molecule has 4 nitrogen and oxygen atoms in total. The van der Waals surface area contributed by atoms with Gasteiger partial charge in [-0.3, -0.25) is 4.79 Å². The Bertz CT molecular complexity index is 391. The number of benzene rings is 1. The summed E-state index contributed by atoms with van der Waals surface area (Å²) in [5.41, 5.74) is 1.03. The first kappa shape index (κ1) is 14.3. The fraction of sp³-hybridized carbons (Fsp3) is 0.357. The Labute approximate surface area is 108 Å². The Hall–Kier alpha value is -1.81. The van der Waals surface area contributed by atoms with Crippen LogP contribution in [0.15, 0.2) is 36.9 Å². The zero-order valence-corrected chi connectivity index (χ0v) is 10.7. The molecule has 18 heavy (non-hydrogen) atoms. The van der Waals surface area contributed by atoms with E-state index in [-0.39, 0.29) is 5.91 Å². The van der Waals surface area contributed by atoms with E-state index in [1.807, 2.05) is 31.2 Å². The van der Waals surface area contributed by atoms with Crippen LogP contribution in [0, 0.1) is 0 Å². The number of carbonyl (C=O) groups is 1. The molecule has 1 aromatic carbocycles. The standard InChI is InChI=1S/C14H20N2O2/c1-3-9-18-13-8-6-5-7-12(13)10-15-11-14(17)16-4-2/h3,5-8,15H,1,4,9-11H2,2H3,(H,16,17). The largest absolute Gasteiger partial charge is 0.489 e. The molecule has 0 saturated heterocycles. The summed E-state index contributed by atoms with van der Waals surface area (Å²) in [5.74, 6) is 0.822. The van der Waals surface area contributed by atoms with E-state index in [1.54, 1.807) is 6.08 Å². The maximum atomic E-state index is 11.3. The fourth-order valence-corrected chi connectivity index (χ4v) is 1.51. The van der Waals surface area contributed by atoms with Crippen molar-refractivity contribution < 1.29 is 9.53 Å². The molecule has 1 amide bonds. The molecule has 0 spiro atoms. The van der Waals surface area contributed by atoms with E-state index in [0.29, 0.717) is 26.2 Å². The first-order chi connectivity index (χ1) is 8.77. The lowest BCUT2D eigenvalue weighted by atomic mass is 10.2. The summed E-state index contributed by atoms with van der Waals surface area (Å²) in [6.45, 7) is 7.56. The molecule has 0 aliphatic heterocycles. The maximum absolute atomic E-state index is 11.3. The second kappa shape index (κ2) is 8.31. The van der Waals surface area contributed by atoms with E-state index in [2.05, 4.69) is 17.2 Å². The minimum absolute atomic E-state index is 0.00184. The zero-order valence-electron chi connectivity index (χ0n) is 10.7. The number of carbonyl (C=O) groups excluding carboxylic acids is 1. The van der Waals surface area contributed by atoms with Crippen LogP contribution in [0.4, 0.5) is 0 Å². The molecule has 4 heteroatoms. The third-order valence-electron chi connectivity index (χ3n) is 2.30. The Kier molecular flexibility index (Phi) is 6.58. The number of para-hydroxylation sites is 1. The van der Waals surface area contributed by atoms with Crippen molar-refractivity contribution in [3.8, 4) is 5.75 Å². The van der Waals surface area contributed by atoms with Gasteiger partial charge in [-0.05, 0) is 13.0 Å². The lowest BCUT2D eigenvalue weighted by Crippen LogP contribution is -2.33.